The molecule has 1 saturated carbocycles. The van der Waals surface area contributed by atoms with Crippen LogP contribution in [0.25, 0.3) is 0 Å². The van der Waals surface area contributed by atoms with Gasteiger partial charge in [-0.15, -0.1) is 0 Å². The van der Waals surface area contributed by atoms with E-state index in [1.807, 2.05) is 18.2 Å². The molecule has 0 aromatic heterocycles. The van der Waals surface area contributed by atoms with Gasteiger partial charge in [-0.25, -0.2) is 0 Å². The standard InChI is InChI=1S/C31H41ClN6O4/c1-3-25(39)38-17-16-37(18-21(38)11-14-33)29-23-10-13-31(12-9-20-6-4-8-24(32)27(20)42-31)28(40)26(23)34-30(35-29)41-19-22-7-5-15-36(22)2/h3-4,6,8,21-23,26,29-30,34-35H,1,5,7,9-13,15-19H2,2H3/t21?,22?,23?,26?,29?,30?,31-/m0/s1. The van der Waals surface area contributed by atoms with Crippen LogP contribution in [0, 0.1) is 17.2 Å². The lowest BCUT2D eigenvalue weighted by Gasteiger charge is -2.55. The molecular weight excluding hydrogens is 556 g/mol. The lowest BCUT2D eigenvalue weighted by Crippen LogP contribution is -2.76. The Kier molecular flexibility index (Phi) is 8.60. The number of rotatable bonds is 6. The Bertz CT molecular complexity index is 1260. The molecule has 1 amide bonds. The van der Waals surface area contributed by atoms with E-state index in [1.165, 1.54) is 6.08 Å². The Morgan fingerprint density at radius 2 is 2.12 bits per heavy atom. The van der Waals surface area contributed by atoms with Crippen molar-refractivity contribution in [1.82, 2.24) is 25.3 Å². The van der Waals surface area contributed by atoms with Gasteiger partial charge in [0, 0.05) is 31.6 Å². The predicted octanol–water partition coefficient (Wildman–Crippen LogP) is 2.28. The molecule has 7 atom stereocenters. The molecule has 11 heteroatoms. The minimum Gasteiger partial charge on any atom is -0.478 e. The molecule has 1 aliphatic carbocycles. The Labute approximate surface area is 252 Å². The lowest BCUT2D eigenvalue weighted by atomic mass is 9.69. The van der Waals surface area contributed by atoms with Crippen LogP contribution in [-0.2, 0) is 20.7 Å². The first-order chi connectivity index (χ1) is 20.3. The molecule has 42 heavy (non-hydrogen) atoms. The molecule has 1 aromatic rings. The van der Waals surface area contributed by atoms with E-state index in [-0.39, 0.29) is 36.2 Å². The van der Waals surface area contributed by atoms with Crippen LogP contribution in [0.15, 0.2) is 30.9 Å². The third-order valence-electron chi connectivity index (χ3n) is 10.1. The number of Topliss-reactive ketones (excluding diaryl/α,β-unsaturated/α-hetero) is 1. The second kappa shape index (κ2) is 12.2. The fourth-order valence-electron chi connectivity index (χ4n) is 7.68. The van der Waals surface area contributed by atoms with Crippen molar-refractivity contribution in [1.29, 1.82) is 5.26 Å². The summed E-state index contributed by atoms with van der Waals surface area (Å²) in [7, 11) is 2.12. The second-order valence-corrected chi connectivity index (χ2v) is 12.8. The maximum absolute atomic E-state index is 14.4. The summed E-state index contributed by atoms with van der Waals surface area (Å²) in [6.07, 6.45) is 5.84. The molecule has 6 rings (SSSR count). The first-order valence-corrected chi connectivity index (χ1v) is 15.6. The Morgan fingerprint density at radius 3 is 2.88 bits per heavy atom. The van der Waals surface area contributed by atoms with Gasteiger partial charge in [0.1, 0.15) is 5.75 Å². The molecule has 6 unspecified atom stereocenters. The van der Waals surface area contributed by atoms with Crippen LogP contribution in [0.3, 0.4) is 0 Å². The Hall–Kier alpha value is -2.52. The van der Waals surface area contributed by atoms with Gasteiger partial charge in [-0.05, 0) is 69.8 Å². The number of likely N-dealkylation sites (N-methyl/N-ethyl adjacent to an activating group) is 1. The molecule has 4 aliphatic heterocycles. The number of fused-ring (bicyclic) bond motifs is 2. The molecule has 226 valence electrons. The maximum atomic E-state index is 14.4. The number of hydrogen-bond acceptors (Lipinski definition) is 9. The van der Waals surface area contributed by atoms with E-state index in [0.29, 0.717) is 55.9 Å². The van der Waals surface area contributed by atoms with Crippen LogP contribution in [0.4, 0.5) is 0 Å². The fraction of sp³-hybridized carbons (Fsp3) is 0.645. The summed E-state index contributed by atoms with van der Waals surface area (Å²) in [4.78, 5) is 33.3. The number of carbonyl (C=O) groups is 2. The SMILES string of the molecule is C=CC(=O)N1CCN(C2NC(OCC3CCCN3C)NC3C(=O)[C@]4(CCc5cccc(Cl)c5O4)CCC32)CC1CC#N. The van der Waals surface area contributed by atoms with Crippen molar-refractivity contribution in [3.63, 3.8) is 0 Å². The molecule has 4 fully saturated rings. The van der Waals surface area contributed by atoms with Crippen molar-refractivity contribution in [2.45, 2.75) is 81.2 Å². The van der Waals surface area contributed by atoms with E-state index in [4.69, 9.17) is 21.1 Å². The number of nitriles is 1. The summed E-state index contributed by atoms with van der Waals surface area (Å²) in [5.74, 6) is 0.493. The van der Waals surface area contributed by atoms with Crippen LogP contribution in [0.2, 0.25) is 5.02 Å². The van der Waals surface area contributed by atoms with Crippen molar-refractivity contribution in [2.75, 3.05) is 39.8 Å². The van der Waals surface area contributed by atoms with Crippen LogP contribution in [0.5, 0.6) is 5.75 Å². The maximum Gasteiger partial charge on any atom is 0.246 e. The zero-order chi connectivity index (χ0) is 29.4. The molecular formula is C31H41ClN6O4. The first kappa shape index (κ1) is 29.5. The highest BCUT2D eigenvalue weighted by Crippen LogP contribution is 2.46. The largest absolute Gasteiger partial charge is 0.478 e. The van der Waals surface area contributed by atoms with Gasteiger partial charge in [0.25, 0.3) is 0 Å². The number of benzene rings is 1. The Morgan fingerprint density at radius 1 is 1.26 bits per heavy atom. The predicted molar refractivity (Wildman–Crippen MR) is 158 cm³/mol. The summed E-state index contributed by atoms with van der Waals surface area (Å²) >= 11 is 6.53. The summed E-state index contributed by atoms with van der Waals surface area (Å²) in [6.45, 7) is 6.91. The third kappa shape index (κ3) is 5.47. The number of carbonyl (C=O) groups excluding carboxylic acids is 2. The van der Waals surface area contributed by atoms with E-state index in [0.717, 1.165) is 37.8 Å². The fourth-order valence-corrected chi connectivity index (χ4v) is 7.92. The topological polar surface area (TPSA) is 110 Å². The number of nitrogens with one attached hydrogen (secondary N) is 2. The quantitative estimate of drug-likeness (QED) is 0.478. The van der Waals surface area contributed by atoms with Crippen LogP contribution in [-0.4, -0.2) is 102 Å². The zero-order valence-electron chi connectivity index (χ0n) is 24.3. The van der Waals surface area contributed by atoms with Crippen molar-refractivity contribution in [2.24, 2.45) is 5.92 Å². The van der Waals surface area contributed by atoms with Gasteiger partial charge in [-0.1, -0.05) is 30.3 Å². The normalized spacial score (nSPS) is 35.3. The number of likely N-dealkylation sites (tertiary alicyclic amines) is 1. The van der Waals surface area contributed by atoms with Crippen LogP contribution in [0.1, 0.15) is 44.1 Å². The second-order valence-electron chi connectivity index (χ2n) is 12.4. The number of nitrogens with zero attached hydrogens (tertiary/aromatic N) is 4. The summed E-state index contributed by atoms with van der Waals surface area (Å²) in [5.41, 5.74) is 0.111. The van der Waals surface area contributed by atoms with E-state index >= 15 is 0 Å². The van der Waals surface area contributed by atoms with Crippen molar-refractivity contribution in [3.8, 4) is 11.8 Å². The molecule has 2 N–H and O–H groups in total. The number of aryl methyl sites for hydroxylation is 1. The number of amides is 1. The number of halogens is 1. The third-order valence-corrected chi connectivity index (χ3v) is 10.4. The first-order valence-electron chi connectivity index (χ1n) is 15.2. The van der Waals surface area contributed by atoms with Crippen molar-refractivity contribution < 1.29 is 19.1 Å². The smallest absolute Gasteiger partial charge is 0.246 e. The Balaban J connectivity index is 1.25. The van der Waals surface area contributed by atoms with E-state index in [2.05, 4.69) is 40.1 Å². The van der Waals surface area contributed by atoms with E-state index < -0.39 is 18.0 Å². The lowest BCUT2D eigenvalue weighted by molar-refractivity contribution is -0.160. The molecule has 1 aromatic carbocycles. The number of piperazine rings is 1. The number of ketones is 1. The molecule has 3 saturated heterocycles. The van der Waals surface area contributed by atoms with E-state index in [1.54, 1.807) is 4.90 Å². The summed E-state index contributed by atoms with van der Waals surface area (Å²) < 4.78 is 13.0. The number of para-hydroxylation sites is 1. The van der Waals surface area contributed by atoms with Crippen LogP contribution < -0.4 is 15.4 Å². The number of hydrogen-bond donors (Lipinski definition) is 2. The molecule has 4 heterocycles. The minimum absolute atomic E-state index is 0.0298. The van der Waals surface area contributed by atoms with Gasteiger partial charge in [0.2, 0.25) is 5.91 Å². The van der Waals surface area contributed by atoms with Crippen molar-refractivity contribution in [3.05, 3.63) is 41.4 Å². The minimum atomic E-state index is -0.928. The number of ether oxygens (including phenoxy) is 2. The van der Waals surface area contributed by atoms with Gasteiger partial charge in [-0.2, -0.15) is 5.26 Å². The van der Waals surface area contributed by atoms with Crippen molar-refractivity contribution >= 4 is 23.3 Å². The molecule has 1 spiro atoms. The average molecular weight is 597 g/mol. The highest BCUT2D eigenvalue weighted by molar-refractivity contribution is 6.32. The summed E-state index contributed by atoms with van der Waals surface area (Å²) in [6, 6.07) is 7.62. The van der Waals surface area contributed by atoms with Gasteiger partial charge < -0.3 is 19.3 Å². The van der Waals surface area contributed by atoms with Gasteiger partial charge in [0.15, 0.2) is 17.7 Å². The van der Waals surface area contributed by atoms with Gasteiger partial charge in [-0.3, -0.25) is 25.1 Å². The average Bonchev–Trinajstić information content (AvgIpc) is 3.42. The molecule has 0 radical (unpaired) electrons. The highest BCUT2D eigenvalue weighted by atomic mass is 35.5. The monoisotopic (exact) mass is 596 g/mol. The summed E-state index contributed by atoms with van der Waals surface area (Å²) in [5, 5.41) is 17.3. The zero-order valence-corrected chi connectivity index (χ0v) is 25.0. The molecule has 0 bridgehead atoms. The van der Waals surface area contributed by atoms with Gasteiger partial charge in [0.05, 0.1) is 42.4 Å². The van der Waals surface area contributed by atoms with E-state index in [9.17, 15) is 14.9 Å². The van der Waals surface area contributed by atoms with Crippen LogP contribution >= 0.6 is 11.6 Å². The highest BCUT2D eigenvalue weighted by Gasteiger charge is 2.57. The molecule has 10 nitrogen and oxygen atoms in total. The van der Waals surface area contributed by atoms with Gasteiger partial charge >= 0.3 is 0 Å². The molecule has 5 aliphatic rings.